The van der Waals surface area contributed by atoms with Crippen LogP contribution in [0.1, 0.15) is 45.1 Å². The molecule has 0 amide bonds. The summed E-state index contributed by atoms with van der Waals surface area (Å²) in [4.78, 5) is 0. The van der Waals surface area contributed by atoms with Gasteiger partial charge >= 0.3 is 0 Å². The Balaban J connectivity index is 2.64. The summed E-state index contributed by atoms with van der Waals surface area (Å²) in [5.74, 6) is 0.893. The van der Waals surface area contributed by atoms with Crippen LogP contribution in [0.15, 0.2) is 24.3 Å². The molecule has 0 bridgehead atoms. The van der Waals surface area contributed by atoms with Gasteiger partial charge in [0.1, 0.15) is 5.75 Å². The molecule has 20 heavy (non-hydrogen) atoms. The molecule has 0 aliphatic carbocycles. The van der Waals surface area contributed by atoms with Crippen LogP contribution < -0.4 is 4.74 Å². The number of benzene rings is 1. The molecule has 0 aliphatic heterocycles. The third-order valence-corrected chi connectivity index (χ3v) is 4.79. The Labute approximate surface area is 131 Å². The zero-order valence-corrected chi connectivity index (χ0v) is 14.1. The van der Waals surface area contributed by atoms with Gasteiger partial charge in [0, 0.05) is 10.7 Å². The summed E-state index contributed by atoms with van der Waals surface area (Å²) in [5, 5.41) is 9.64. The Kier molecular flexibility index (Phi) is 7.69. The van der Waals surface area contributed by atoms with Gasteiger partial charge in [-0.15, -0.1) is 0 Å². The molecule has 2 nitrogen and oxygen atoms in total. The lowest BCUT2D eigenvalue weighted by Gasteiger charge is -2.31. The number of hydrogen-bond donors (Lipinski definition) is 0. The van der Waals surface area contributed by atoms with E-state index >= 15 is 0 Å². The van der Waals surface area contributed by atoms with Crippen LogP contribution in [0.2, 0.25) is 0 Å². The van der Waals surface area contributed by atoms with Gasteiger partial charge in [0.15, 0.2) is 0 Å². The lowest BCUT2D eigenvalue weighted by Crippen LogP contribution is -2.30. The first kappa shape index (κ1) is 17.0. The van der Waals surface area contributed by atoms with Crippen LogP contribution in [-0.2, 0) is 6.42 Å². The van der Waals surface area contributed by atoms with E-state index in [-0.39, 0.29) is 5.41 Å². The molecule has 1 rings (SSSR count). The maximum Gasteiger partial charge on any atom is 0.119 e. The van der Waals surface area contributed by atoms with Gasteiger partial charge in [-0.1, -0.05) is 54.8 Å². The van der Waals surface area contributed by atoms with Gasteiger partial charge in [-0.05, 0) is 30.5 Å². The van der Waals surface area contributed by atoms with Crippen molar-refractivity contribution in [2.45, 2.75) is 46.0 Å². The zero-order valence-electron chi connectivity index (χ0n) is 12.5. The number of hydrogen-bond acceptors (Lipinski definition) is 2. The smallest absolute Gasteiger partial charge is 0.119 e. The van der Waals surface area contributed by atoms with E-state index in [0.717, 1.165) is 23.2 Å². The second-order valence-electron chi connectivity index (χ2n) is 5.40. The number of nitrogens with zero attached hydrogens (tertiary/aromatic N) is 1. The minimum atomic E-state index is 0.231. The molecular weight excluding hydrogens is 314 g/mol. The molecule has 0 aromatic heterocycles. The van der Waals surface area contributed by atoms with Gasteiger partial charge in [-0.3, -0.25) is 0 Å². The van der Waals surface area contributed by atoms with E-state index in [0.29, 0.717) is 6.42 Å². The van der Waals surface area contributed by atoms with Crippen LogP contribution in [0.4, 0.5) is 0 Å². The Morgan fingerprint density at radius 1 is 1.15 bits per heavy atom. The SMILES string of the molecule is CCCC(CBr)(CCC)COc1ccc(CC#N)cc1. The number of halogens is 1. The highest BCUT2D eigenvalue weighted by atomic mass is 79.9. The van der Waals surface area contributed by atoms with Crippen LogP contribution in [0.5, 0.6) is 5.75 Å². The standard InChI is InChI=1S/C17H24BrNO/c1-3-10-17(13-18,11-4-2)14-20-16-7-5-15(6-8-16)9-12-19/h5-8H,3-4,9-11,13-14H2,1-2H3. The molecule has 0 fully saturated rings. The van der Waals surface area contributed by atoms with E-state index in [1.54, 1.807) is 0 Å². The molecule has 110 valence electrons. The highest BCUT2D eigenvalue weighted by Crippen LogP contribution is 2.33. The van der Waals surface area contributed by atoms with Gasteiger partial charge in [0.2, 0.25) is 0 Å². The molecule has 1 aromatic rings. The van der Waals surface area contributed by atoms with Crippen molar-refractivity contribution in [2.24, 2.45) is 5.41 Å². The molecule has 0 N–H and O–H groups in total. The third-order valence-electron chi connectivity index (χ3n) is 3.60. The van der Waals surface area contributed by atoms with Crippen LogP contribution in [0.3, 0.4) is 0 Å². The number of rotatable bonds is 9. The Bertz CT molecular complexity index is 416. The van der Waals surface area contributed by atoms with Gasteiger partial charge in [0.05, 0.1) is 19.1 Å². The molecule has 1 aromatic carbocycles. The number of nitriles is 1. The summed E-state index contributed by atoms with van der Waals surface area (Å²) in [7, 11) is 0. The fourth-order valence-corrected chi connectivity index (χ4v) is 3.26. The maximum absolute atomic E-state index is 8.66. The Morgan fingerprint density at radius 2 is 1.75 bits per heavy atom. The molecule has 0 atom stereocenters. The minimum absolute atomic E-state index is 0.231. The van der Waals surface area contributed by atoms with Gasteiger partial charge < -0.3 is 4.74 Å². The molecular formula is C17H24BrNO. The highest BCUT2D eigenvalue weighted by Gasteiger charge is 2.28. The first-order valence-electron chi connectivity index (χ1n) is 7.34. The predicted octanol–water partition coefficient (Wildman–Crippen LogP) is 5.11. The van der Waals surface area contributed by atoms with E-state index < -0.39 is 0 Å². The van der Waals surface area contributed by atoms with Crippen LogP contribution in [0.25, 0.3) is 0 Å². The quantitative estimate of drug-likeness (QED) is 0.586. The van der Waals surface area contributed by atoms with Crippen molar-refractivity contribution in [3.63, 3.8) is 0 Å². The Hall–Kier alpha value is -1.01. The molecule has 0 aliphatic rings. The highest BCUT2D eigenvalue weighted by molar-refractivity contribution is 9.09. The van der Waals surface area contributed by atoms with E-state index in [9.17, 15) is 0 Å². The van der Waals surface area contributed by atoms with E-state index in [2.05, 4.69) is 35.8 Å². The molecule has 3 heteroatoms. The number of ether oxygens (including phenoxy) is 1. The lowest BCUT2D eigenvalue weighted by molar-refractivity contribution is 0.144. The zero-order chi connectivity index (χ0) is 14.8. The van der Waals surface area contributed by atoms with Crippen LogP contribution >= 0.6 is 15.9 Å². The summed E-state index contributed by atoms with van der Waals surface area (Å²) in [6, 6.07) is 10.0. The second-order valence-corrected chi connectivity index (χ2v) is 5.96. The molecule has 0 spiro atoms. The molecule has 0 saturated heterocycles. The monoisotopic (exact) mass is 337 g/mol. The van der Waals surface area contributed by atoms with Crippen molar-refractivity contribution in [1.82, 2.24) is 0 Å². The van der Waals surface area contributed by atoms with Crippen molar-refractivity contribution in [1.29, 1.82) is 5.26 Å². The van der Waals surface area contributed by atoms with Crippen molar-refractivity contribution in [2.75, 3.05) is 11.9 Å². The fraction of sp³-hybridized carbons (Fsp3) is 0.588. The molecule has 0 saturated carbocycles. The van der Waals surface area contributed by atoms with Crippen molar-refractivity contribution in [3.05, 3.63) is 29.8 Å². The van der Waals surface area contributed by atoms with E-state index in [4.69, 9.17) is 10.00 Å². The third kappa shape index (κ3) is 5.17. The van der Waals surface area contributed by atoms with Gasteiger partial charge in [0.25, 0.3) is 0 Å². The average Bonchev–Trinajstić information content (AvgIpc) is 2.47. The topological polar surface area (TPSA) is 33.0 Å². The summed E-state index contributed by atoms with van der Waals surface area (Å²) < 4.78 is 5.99. The lowest BCUT2D eigenvalue weighted by atomic mass is 9.82. The van der Waals surface area contributed by atoms with E-state index in [1.807, 2.05) is 24.3 Å². The second kappa shape index (κ2) is 9.02. The minimum Gasteiger partial charge on any atom is -0.493 e. The first-order valence-corrected chi connectivity index (χ1v) is 8.46. The molecule has 0 unspecified atom stereocenters. The van der Waals surface area contributed by atoms with Crippen LogP contribution in [-0.4, -0.2) is 11.9 Å². The molecule has 0 radical (unpaired) electrons. The summed E-state index contributed by atoms with van der Waals surface area (Å²) >= 11 is 3.66. The maximum atomic E-state index is 8.66. The molecule has 0 heterocycles. The average molecular weight is 338 g/mol. The fourth-order valence-electron chi connectivity index (χ4n) is 2.53. The predicted molar refractivity (Wildman–Crippen MR) is 87.3 cm³/mol. The van der Waals surface area contributed by atoms with Crippen LogP contribution in [0, 0.1) is 16.7 Å². The normalized spacial score (nSPS) is 11.1. The Morgan fingerprint density at radius 3 is 2.20 bits per heavy atom. The van der Waals surface area contributed by atoms with Gasteiger partial charge in [-0.25, -0.2) is 0 Å². The largest absolute Gasteiger partial charge is 0.493 e. The summed E-state index contributed by atoms with van der Waals surface area (Å²) in [6.45, 7) is 5.20. The summed E-state index contributed by atoms with van der Waals surface area (Å²) in [5.41, 5.74) is 1.27. The van der Waals surface area contributed by atoms with Crippen molar-refractivity contribution in [3.8, 4) is 11.8 Å². The van der Waals surface area contributed by atoms with Gasteiger partial charge in [-0.2, -0.15) is 5.26 Å². The number of alkyl halides is 1. The van der Waals surface area contributed by atoms with Crippen molar-refractivity contribution >= 4 is 15.9 Å². The van der Waals surface area contributed by atoms with Crippen molar-refractivity contribution < 1.29 is 4.74 Å². The first-order chi connectivity index (χ1) is 9.69. The van der Waals surface area contributed by atoms with E-state index in [1.165, 1.54) is 25.7 Å². The summed E-state index contributed by atoms with van der Waals surface area (Å²) in [6.07, 6.45) is 5.17.